The van der Waals surface area contributed by atoms with Gasteiger partial charge in [0.15, 0.2) is 0 Å². The topological polar surface area (TPSA) is 15.3 Å². The largest absolute Gasteiger partial charge is 0.316 e. The third-order valence-corrected chi connectivity index (χ3v) is 2.88. The van der Waals surface area contributed by atoms with Crippen molar-refractivity contribution in [1.29, 1.82) is 0 Å². The summed E-state index contributed by atoms with van der Waals surface area (Å²) in [6.07, 6.45) is 2.63. The highest BCUT2D eigenvalue weighted by Crippen LogP contribution is 2.05. The van der Waals surface area contributed by atoms with Gasteiger partial charge in [0, 0.05) is 13.1 Å². The van der Waals surface area contributed by atoms with Crippen LogP contribution >= 0.6 is 0 Å². The first-order chi connectivity index (χ1) is 8.41. The van der Waals surface area contributed by atoms with Crippen molar-refractivity contribution in [2.24, 2.45) is 17.8 Å². The average Bonchev–Trinajstić information content (AvgIpc) is 2.20. The van der Waals surface area contributed by atoms with Gasteiger partial charge in [0.1, 0.15) is 0 Å². The smallest absolute Gasteiger partial charge is 0.000449 e. The van der Waals surface area contributed by atoms with Crippen molar-refractivity contribution in [2.75, 3.05) is 32.7 Å². The molecule has 0 aliphatic heterocycles. The summed E-state index contributed by atoms with van der Waals surface area (Å²) < 4.78 is 0. The highest BCUT2D eigenvalue weighted by molar-refractivity contribution is 4.63. The van der Waals surface area contributed by atoms with E-state index in [1.54, 1.807) is 0 Å². The van der Waals surface area contributed by atoms with E-state index in [1.807, 2.05) is 0 Å². The molecule has 0 saturated carbocycles. The molecule has 0 aliphatic carbocycles. The SMILES string of the molecule is CC(C)CNCCCCN(CC(C)C)CC(C)C. The molecule has 2 heteroatoms. The van der Waals surface area contributed by atoms with Crippen LogP contribution in [0.25, 0.3) is 0 Å². The molecular formula is C16H36N2. The quantitative estimate of drug-likeness (QED) is 0.568. The molecule has 0 amide bonds. The van der Waals surface area contributed by atoms with Crippen LogP contribution in [-0.2, 0) is 0 Å². The molecule has 2 nitrogen and oxygen atoms in total. The van der Waals surface area contributed by atoms with Crippen LogP contribution in [-0.4, -0.2) is 37.6 Å². The predicted octanol–water partition coefficient (Wildman–Crippen LogP) is 3.63. The lowest BCUT2D eigenvalue weighted by Gasteiger charge is -2.26. The molecule has 0 aromatic carbocycles. The molecule has 0 fully saturated rings. The monoisotopic (exact) mass is 256 g/mol. The van der Waals surface area contributed by atoms with Crippen LogP contribution in [0.4, 0.5) is 0 Å². The Morgan fingerprint density at radius 2 is 1.33 bits per heavy atom. The van der Waals surface area contributed by atoms with Gasteiger partial charge in [0.25, 0.3) is 0 Å². The number of rotatable bonds is 11. The second-order valence-corrected chi connectivity index (χ2v) is 6.85. The van der Waals surface area contributed by atoms with Crippen molar-refractivity contribution in [1.82, 2.24) is 10.2 Å². The van der Waals surface area contributed by atoms with Crippen molar-refractivity contribution in [2.45, 2.75) is 54.4 Å². The van der Waals surface area contributed by atoms with Crippen molar-refractivity contribution in [3.8, 4) is 0 Å². The van der Waals surface area contributed by atoms with E-state index in [1.165, 1.54) is 39.0 Å². The second-order valence-electron chi connectivity index (χ2n) is 6.85. The van der Waals surface area contributed by atoms with Crippen molar-refractivity contribution >= 4 is 0 Å². The maximum atomic E-state index is 3.52. The first-order valence-electron chi connectivity index (χ1n) is 7.84. The first kappa shape index (κ1) is 17.9. The lowest BCUT2D eigenvalue weighted by molar-refractivity contribution is 0.215. The minimum absolute atomic E-state index is 0.767. The highest BCUT2D eigenvalue weighted by Gasteiger charge is 2.08. The molecule has 0 atom stereocenters. The molecule has 0 aromatic rings. The van der Waals surface area contributed by atoms with Gasteiger partial charge in [-0.05, 0) is 50.2 Å². The highest BCUT2D eigenvalue weighted by atomic mass is 15.1. The molecule has 0 radical (unpaired) electrons. The van der Waals surface area contributed by atoms with Gasteiger partial charge in [-0.2, -0.15) is 0 Å². The standard InChI is InChI=1S/C16H36N2/c1-14(2)11-17-9-7-8-10-18(12-15(3)4)13-16(5)6/h14-17H,7-13H2,1-6H3. The van der Waals surface area contributed by atoms with E-state index in [0.29, 0.717) is 0 Å². The molecule has 110 valence electrons. The lowest BCUT2D eigenvalue weighted by atomic mass is 10.1. The van der Waals surface area contributed by atoms with E-state index in [2.05, 4.69) is 51.8 Å². The Labute approximate surface area is 116 Å². The van der Waals surface area contributed by atoms with Gasteiger partial charge in [-0.1, -0.05) is 41.5 Å². The molecule has 0 saturated heterocycles. The second kappa shape index (κ2) is 10.8. The van der Waals surface area contributed by atoms with E-state index >= 15 is 0 Å². The van der Waals surface area contributed by atoms with Gasteiger partial charge in [0.2, 0.25) is 0 Å². The Balaban J connectivity index is 3.62. The summed E-state index contributed by atoms with van der Waals surface area (Å²) in [4.78, 5) is 2.64. The fraction of sp³-hybridized carbons (Fsp3) is 1.00. The Kier molecular flexibility index (Phi) is 10.8. The molecule has 0 bridgehead atoms. The summed E-state index contributed by atoms with van der Waals surface area (Å²) in [5.41, 5.74) is 0. The van der Waals surface area contributed by atoms with Crippen LogP contribution in [0.2, 0.25) is 0 Å². The molecule has 0 heterocycles. The number of hydrogen-bond donors (Lipinski definition) is 1. The van der Waals surface area contributed by atoms with Crippen LogP contribution in [0.15, 0.2) is 0 Å². The minimum Gasteiger partial charge on any atom is -0.316 e. The summed E-state index contributed by atoms with van der Waals surface area (Å²) in [6.45, 7) is 19.9. The summed E-state index contributed by atoms with van der Waals surface area (Å²) in [5.74, 6) is 2.33. The van der Waals surface area contributed by atoms with E-state index in [-0.39, 0.29) is 0 Å². The van der Waals surface area contributed by atoms with Crippen LogP contribution in [0.3, 0.4) is 0 Å². The Hall–Kier alpha value is -0.0800. The van der Waals surface area contributed by atoms with Gasteiger partial charge in [-0.25, -0.2) is 0 Å². The zero-order chi connectivity index (χ0) is 14.0. The van der Waals surface area contributed by atoms with Crippen molar-refractivity contribution in [3.63, 3.8) is 0 Å². The summed E-state index contributed by atoms with van der Waals surface area (Å²) in [7, 11) is 0. The van der Waals surface area contributed by atoms with Gasteiger partial charge in [-0.3, -0.25) is 0 Å². The molecule has 1 N–H and O–H groups in total. The summed E-state index contributed by atoms with van der Waals surface area (Å²) in [6, 6.07) is 0. The maximum Gasteiger partial charge on any atom is 0.000449 e. The average molecular weight is 256 g/mol. The number of nitrogens with zero attached hydrogens (tertiary/aromatic N) is 1. The molecule has 0 rings (SSSR count). The zero-order valence-corrected chi connectivity index (χ0v) is 13.6. The first-order valence-corrected chi connectivity index (χ1v) is 7.84. The van der Waals surface area contributed by atoms with Gasteiger partial charge < -0.3 is 10.2 Å². The molecular weight excluding hydrogens is 220 g/mol. The third kappa shape index (κ3) is 12.4. The van der Waals surface area contributed by atoms with Gasteiger partial charge >= 0.3 is 0 Å². The predicted molar refractivity (Wildman–Crippen MR) is 83.1 cm³/mol. The molecule has 0 aliphatic rings. The van der Waals surface area contributed by atoms with Crippen molar-refractivity contribution in [3.05, 3.63) is 0 Å². The number of unbranched alkanes of at least 4 members (excludes halogenated alkanes) is 1. The van der Waals surface area contributed by atoms with E-state index in [0.717, 1.165) is 24.3 Å². The van der Waals surface area contributed by atoms with E-state index in [9.17, 15) is 0 Å². The third-order valence-electron chi connectivity index (χ3n) is 2.88. The molecule has 0 aromatic heterocycles. The Morgan fingerprint density at radius 1 is 0.778 bits per heavy atom. The summed E-state index contributed by atoms with van der Waals surface area (Å²) >= 11 is 0. The normalized spacial score (nSPS) is 12.3. The molecule has 0 spiro atoms. The molecule has 18 heavy (non-hydrogen) atoms. The van der Waals surface area contributed by atoms with Gasteiger partial charge in [0.05, 0.1) is 0 Å². The van der Waals surface area contributed by atoms with E-state index in [4.69, 9.17) is 0 Å². The Bertz CT molecular complexity index is 166. The van der Waals surface area contributed by atoms with E-state index < -0.39 is 0 Å². The van der Waals surface area contributed by atoms with Crippen LogP contribution in [0, 0.1) is 17.8 Å². The summed E-state index contributed by atoms with van der Waals surface area (Å²) in [5, 5.41) is 3.52. The fourth-order valence-electron chi connectivity index (χ4n) is 2.27. The molecule has 0 unspecified atom stereocenters. The van der Waals surface area contributed by atoms with Crippen LogP contribution in [0.5, 0.6) is 0 Å². The number of hydrogen-bond acceptors (Lipinski definition) is 2. The zero-order valence-electron chi connectivity index (χ0n) is 13.6. The maximum absolute atomic E-state index is 3.52. The van der Waals surface area contributed by atoms with Crippen LogP contribution < -0.4 is 5.32 Å². The Morgan fingerprint density at radius 3 is 1.78 bits per heavy atom. The van der Waals surface area contributed by atoms with Crippen LogP contribution in [0.1, 0.15) is 54.4 Å². The fourth-order valence-corrected chi connectivity index (χ4v) is 2.27. The number of nitrogens with one attached hydrogen (secondary N) is 1. The minimum atomic E-state index is 0.767. The van der Waals surface area contributed by atoms with Gasteiger partial charge in [-0.15, -0.1) is 0 Å². The van der Waals surface area contributed by atoms with Crippen molar-refractivity contribution < 1.29 is 0 Å². The lowest BCUT2D eigenvalue weighted by Crippen LogP contribution is -2.32.